The Morgan fingerprint density at radius 3 is 2.41 bits per heavy atom. The first-order valence-electron chi connectivity index (χ1n) is 8.09. The molecule has 0 heterocycles. The fraction of sp³-hybridized carbons (Fsp3) is 0.316. The average molecular weight is 401 g/mol. The summed E-state index contributed by atoms with van der Waals surface area (Å²) in [5, 5.41) is 3.29. The number of rotatable bonds is 6. The number of alkyl halides is 3. The molecule has 0 fully saturated rings. The number of carbonyl (C=O) groups is 1. The van der Waals surface area contributed by atoms with E-state index in [1.165, 1.54) is 19.2 Å². The van der Waals surface area contributed by atoms with Crippen molar-refractivity contribution in [3.63, 3.8) is 0 Å². The first kappa shape index (κ1) is 21.1. The summed E-state index contributed by atoms with van der Waals surface area (Å²) in [6.45, 7) is 2.21. The van der Waals surface area contributed by atoms with Gasteiger partial charge in [-0.1, -0.05) is 23.7 Å². The molecule has 1 N–H and O–H groups in total. The van der Waals surface area contributed by atoms with Gasteiger partial charge >= 0.3 is 6.18 Å². The number of aryl methyl sites for hydroxylation is 1. The van der Waals surface area contributed by atoms with Crippen LogP contribution in [0, 0.1) is 6.92 Å². The SMILES string of the molecule is COc1cc(Cl)c(C)cc1NC(=O)CN(C)Cc1ccc(C(F)(F)F)cc1. The summed E-state index contributed by atoms with van der Waals surface area (Å²) >= 11 is 6.04. The number of carbonyl (C=O) groups excluding carboxylic acids is 1. The Morgan fingerprint density at radius 2 is 1.85 bits per heavy atom. The Balaban J connectivity index is 1.97. The molecule has 0 saturated carbocycles. The van der Waals surface area contributed by atoms with Crippen LogP contribution in [0.5, 0.6) is 5.75 Å². The van der Waals surface area contributed by atoms with Gasteiger partial charge in [-0.3, -0.25) is 9.69 Å². The van der Waals surface area contributed by atoms with Gasteiger partial charge in [0.05, 0.1) is 24.9 Å². The van der Waals surface area contributed by atoms with Crippen LogP contribution in [-0.2, 0) is 17.5 Å². The van der Waals surface area contributed by atoms with E-state index in [1.54, 1.807) is 24.1 Å². The van der Waals surface area contributed by atoms with Gasteiger partial charge in [0.15, 0.2) is 0 Å². The molecule has 0 atom stereocenters. The van der Waals surface area contributed by atoms with E-state index in [9.17, 15) is 18.0 Å². The number of ether oxygens (including phenoxy) is 1. The van der Waals surface area contributed by atoms with Gasteiger partial charge in [-0.25, -0.2) is 0 Å². The van der Waals surface area contributed by atoms with Crippen molar-refractivity contribution in [1.82, 2.24) is 4.90 Å². The molecule has 2 aromatic rings. The molecule has 0 radical (unpaired) electrons. The molecule has 0 aliphatic carbocycles. The lowest BCUT2D eigenvalue weighted by Gasteiger charge is -2.18. The van der Waals surface area contributed by atoms with E-state index in [2.05, 4.69) is 5.32 Å². The van der Waals surface area contributed by atoms with E-state index in [1.807, 2.05) is 6.92 Å². The molecule has 2 rings (SSSR count). The molecule has 1 amide bonds. The van der Waals surface area contributed by atoms with Crippen molar-refractivity contribution in [2.45, 2.75) is 19.6 Å². The lowest BCUT2D eigenvalue weighted by atomic mass is 10.1. The van der Waals surface area contributed by atoms with Crippen LogP contribution < -0.4 is 10.1 Å². The first-order valence-corrected chi connectivity index (χ1v) is 8.46. The third-order valence-corrected chi connectivity index (χ3v) is 4.31. The summed E-state index contributed by atoms with van der Waals surface area (Å²) in [6, 6.07) is 8.22. The van der Waals surface area contributed by atoms with Crippen molar-refractivity contribution in [3.8, 4) is 5.75 Å². The first-order chi connectivity index (χ1) is 12.6. The molecule has 0 bridgehead atoms. The Bertz CT molecular complexity index is 808. The largest absolute Gasteiger partial charge is 0.495 e. The molecule has 0 aliphatic rings. The van der Waals surface area contributed by atoms with Crippen LogP contribution in [0.15, 0.2) is 36.4 Å². The third-order valence-electron chi connectivity index (χ3n) is 3.90. The highest BCUT2D eigenvalue weighted by Gasteiger charge is 2.29. The van der Waals surface area contributed by atoms with Crippen molar-refractivity contribution >= 4 is 23.2 Å². The van der Waals surface area contributed by atoms with Crippen molar-refractivity contribution in [2.75, 3.05) is 26.0 Å². The van der Waals surface area contributed by atoms with Gasteiger partial charge < -0.3 is 10.1 Å². The van der Waals surface area contributed by atoms with E-state index >= 15 is 0 Å². The fourth-order valence-electron chi connectivity index (χ4n) is 2.53. The molecular formula is C19H20ClF3N2O2. The Hall–Kier alpha value is -2.25. The second-order valence-corrected chi connectivity index (χ2v) is 6.62. The number of nitrogens with one attached hydrogen (secondary N) is 1. The Morgan fingerprint density at radius 1 is 1.22 bits per heavy atom. The van der Waals surface area contributed by atoms with Gasteiger partial charge in [0.25, 0.3) is 0 Å². The zero-order valence-electron chi connectivity index (χ0n) is 15.2. The minimum absolute atomic E-state index is 0.0614. The van der Waals surface area contributed by atoms with Gasteiger partial charge in [0.1, 0.15) is 5.75 Å². The predicted octanol–water partition coefficient (Wildman–Crippen LogP) is 4.75. The Labute approximate surface area is 160 Å². The molecule has 8 heteroatoms. The maximum Gasteiger partial charge on any atom is 0.416 e. The van der Waals surface area contributed by atoms with Crippen LogP contribution in [0.4, 0.5) is 18.9 Å². The number of methoxy groups -OCH3 is 1. The second kappa shape index (κ2) is 8.63. The highest BCUT2D eigenvalue weighted by molar-refractivity contribution is 6.31. The number of nitrogens with zero attached hydrogens (tertiary/aromatic N) is 1. The normalized spacial score (nSPS) is 11.6. The van der Waals surface area contributed by atoms with Crippen LogP contribution in [0.25, 0.3) is 0 Å². The minimum Gasteiger partial charge on any atom is -0.495 e. The molecule has 4 nitrogen and oxygen atoms in total. The number of likely N-dealkylation sites (N-methyl/N-ethyl adjacent to an activating group) is 1. The van der Waals surface area contributed by atoms with E-state index < -0.39 is 11.7 Å². The number of benzene rings is 2. The highest BCUT2D eigenvalue weighted by atomic mass is 35.5. The topological polar surface area (TPSA) is 41.6 Å². The van der Waals surface area contributed by atoms with Crippen LogP contribution in [0.3, 0.4) is 0 Å². The highest BCUT2D eigenvalue weighted by Crippen LogP contribution is 2.31. The molecule has 0 saturated heterocycles. The molecule has 0 aliphatic heterocycles. The van der Waals surface area contributed by atoms with E-state index in [4.69, 9.17) is 16.3 Å². The summed E-state index contributed by atoms with van der Waals surface area (Å²) in [5.74, 6) is 0.175. The number of amides is 1. The van der Waals surface area contributed by atoms with Crippen molar-refractivity contribution < 1.29 is 22.7 Å². The molecule has 0 aromatic heterocycles. The van der Waals surface area contributed by atoms with E-state index in [0.29, 0.717) is 28.6 Å². The Kier molecular flexibility index (Phi) is 6.73. The van der Waals surface area contributed by atoms with E-state index in [0.717, 1.165) is 17.7 Å². The van der Waals surface area contributed by atoms with Crippen molar-refractivity contribution in [3.05, 3.63) is 58.1 Å². The predicted molar refractivity (Wildman–Crippen MR) is 99.1 cm³/mol. The molecule has 27 heavy (non-hydrogen) atoms. The van der Waals surface area contributed by atoms with Crippen LogP contribution in [0.2, 0.25) is 5.02 Å². The van der Waals surface area contributed by atoms with Gasteiger partial charge in [-0.15, -0.1) is 0 Å². The summed E-state index contributed by atoms with van der Waals surface area (Å²) < 4.78 is 43.0. The number of anilines is 1. The smallest absolute Gasteiger partial charge is 0.416 e. The van der Waals surface area contributed by atoms with Crippen molar-refractivity contribution in [2.24, 2.45) is 0 Å². The molecule has 146 valence electrons. The lowest BCUT2D eigenvalue weighted by Crippen LogP contribution is -2.30. The second-order valence-electron chi connectivity index (χ2n) is 6.22. The van der Waals surface area contributed by atoms with Crippen LogP contribution >= 0.6 is 11.6 Å². The quantitative estimate of drug-likeness (QED) is 0.761. The summed E-state index contributed by atoms with van der Waals surface area (Å²) in [7, 11) is 3.19. The monoisotopic (exact) mass is 400 g/mol. The summed E-state index contributed by atoms with van der Waals surface area (Å²) in [5.41, 5.74) is 1.29. The fourth-order valence-corrected chi connectivity index (χ4v) is 2.69. The molecule has 2 aromatic carbocycles. The van der Waals surface area contributed by atoms with Gasteiger partial charge in [0.2, 0.25) is 5.91 Å². The molecule has 0 unspecified atom stereocenters. The van der Waals surface area contributed by atoms with Gasteiger partial charge in [-0.2, -0.15) is 13.2 Å². The van der Waals surface area contributed by atoms with Gasteiger partial charge in [-0.05, 0) is 43.3 Å². The maximum absolute atomic E-state index is 12.6. The summed E-state index contributed by atoms with van der Waals surface area (Å²) in [4.78, 5) is 14.0. The third kappa shape index (κ3) is 5.87. The zero-order chi connectivity index (χ0) is 20.2. The lowest BCUT2D eigenvalue weighted by molar-refractivity contribution is -0.137. The van der Waals surface area contributed by atoms with Gasteiger partial charge in [0, 0.05) is 17.6 Å². The minimum atomic E-state index is -4.36. The zero-order valence-corrected chi connectivity index (χ0v) is 15.9. The number of halogens is 4. The number of hydrogen-bond acceptors (Lipinski definition) is 3. The van der Waals surface area contributed by atoms with Crippen LogP contribution in [0.1, 0.15) is 16.7 Å². The molecular weight excluding hydrogens is 381 g/mol. The number of hydrogen-bond donors (Lipinski definition) is 1. The van der Waals surface area contributed by atoms with Crippen LogP contribution in [-0.4, -0.2) is 31.5 Å². The van der Waals surface area contributed by atoms with Crippen molar-refractivity contribution in [1.29, 1.82) is 0 Å². The van der Waals surface area contributed by atoms with E-state index in [-0.39, 0.29) is 12.5 Å². The maximum atomic E-state index is 12.6. The molecule has 0 spiro atoms. The average Bonchev–Trinajstić information content (AvgIpc) is 2.57. The standard InChI is InChI=1S/C19H20ClF3N2O2/c1-12-8-16(17(27-3)9-15(12)20)24-18(26)11-25(2)10-13-4-6-14(7-5-13)19(21,22)23/h4-9H,10-11H2,1-3H3,(H,24,26). The summed E-state index contributed by atoms with van der Waals surface area (Å²) in [6.07, 6.45) is -4.36.